The van der Waals surface area contributed by atoms with Crippen LogP contribution in [0.1, 0.15) is 29.5 Å². The number of phenols is 1. The lowest BCUT2D eigenvalue weighted by Crippen LogP contribution is -2.06. The van der Waals surface area contributed by atoms with Crippen molar-refractivity contribution in [2.24, 2.45) is 0 Å². The molecule has 0 bridgehead atoms. The Hall–Kier alpha value is -1.50. The molecule has 82 valence electrons. The maximum absolute atomic E-state index is 10.2. The molecule has 0 saturated heterocycles. The minimum absolute atomic E-state index is 0.483. The molecule has 1 N–H and O–H groups in total. The Morgan fingerprint density at radius 2 is 1.56 bits per heavy atom. The van der Waals surface area contributed by atoms with Crippen LogP contribution in [0.3, 0.4) is 0 Å². The highest BCUT2D eigenvalue weighted by atomic mass is 16.3. The minimum Gasteiger partial charge on any atom is -0.507 e. The fourth-order valence-corrected chi connectivity index (χ4v) is 2.91. The molecule has 0 saturated carbocycles. The number of aromatic hydroxyl groups is 1. The van der Waals surface area contributed by atoms with Crippen molar-refractivity contribution in [3.8, 4) is 5.75 Å². The van der Waals surface area contributed by atoms with E-state index in [0.717, 1.165) is 23.8 Å². The zero-order valence-electron chi connectivity index (χ0n) is 9.59. The summed E-state index contributed by atoms with van der Waals surface area (Å²) in [5.74, 6) is 0.483. The van der Waals surface area contributed by atoms with E-state index in [9.17, 15) is 5.11 Å². The van der Waals surface area contributed by atoms with E-state index in [1.807, 2.05) is 19.1 Å². The summed E-state index contributed by atoms with van der Waals surface area (Å²) in [6, 6.07) is 8.22. The second kappa shape index (κ2) is 3.51. The fraction of sp³-hybridized carbons (Fsp3) is 0.333. The molecule has 2 aromatic carbocycles. The van der Waals surface area contributed by atoms with Crippen molar-refractivity contribution in [1.82, 2.24) is 0 Å². The van der Waals surface area contributed by atoms with Crippen LogP contribution < -0.4 is 0 Å². The summed E-state index contributed by atoms with van der Waals surface area (Å²) in [5, 5.41) is 12.5. The molecule has 1 aliphatic rings. The van der Waals surface area contributed by atoms with Crippen LogP contribution in [-0.2, 0) is 12.8 Å². The van der Waals surface area contributed by atoms with Gasteiger partial charge in [-0.25, -0.2) is 0 Å². The van der Waals surface area contributed by atoms with Crippen molar-refractivity contribution in [2.75, 3.05) is 0 Å². The van der Waals surface area contributed by atoms with Gasteiger partial charge in [0.25, 0.3) is 0 Å². The summed E-state index contributed by atoms with van der Waals surface area (Å²) in [6.45, 7) is 2.05. The monoisotopic (exact) mass is 212 g/mol. The lowest BCUT2D eigenvalue weighted by molar-refractivity contribution is 0.475. The molecule has 0 spiro atoms. The van der Waals surface area contributed by atoms with Gasteiger partial charge in [-0.15, -0.1) is 0 Å². The summed E-state index contributed by atoms with van der Waals surface area (Å²) in [4.78, 5) is 0. The standard InChI is InChI=1S/C15H16O/c1-10-11-6-2-3-7-12(11)13-8-4-5-9-14(13)15(10)16/h4-5,8-9,16H,2-3,6-7H2,1H3. The highest BCUT2D eigenvalue weighted by Crippen LogP contribution is 2.38. The molecular formula is C15H16O. The average molecular weight is 212 g/mol. The van der Waals surface area contributed by atoms with Gasteiger partial charge in [0, 0.05) is 5.39 Å². The number of aryl methyl sites for hydroxylation is 1. The average Bonchev–Trinajstić information content (AvgIpc) is 2.36. The third kappa shape index (κ3) is 1.24. The largest absolute Gasteiger partial charge is 0.507 e. The third-order valence-electron chi connectivity index (χ3n) is 3.78. The molecule has 0 aromatic heterocycles. The van der Waals surface area contributed by atoms with Gasteiger partial charge in [-0.3, -0.25) is 0 Å². The van der Waals surface area contributed by atoms with Gasteiger partial charge in [-0.1, -0.05) is 24.3 Å². The maximum Gasteiger partial charge on any atom is 0.126 e. The summed E-state index contributed by atoms with van der Waals surface area (Å²) in [5.41, 5.74) is 3.95. The molecule has 0 unspecified atom stereocenters. The number of phenolic OH excluding ortho intramolecular Hbond substituents is 1. The Bertz CT molecular complexity index is 555. The van der Waals surface area contributed by atoms with E-state index in [1.54, 1.807) is 0 Å². The first-order valence-corrected chi connectivity index (χ1v) is 6.01. The second-order valence-corrected chi connectivity index (χ2v) is 4.68. The molecule has 1 nitrogen and oxygen atoms in total. The van der Waals surface area contributed by atoms with E-state index in [4.69, 9.17) is 0 Å². The van der Waals surface area contributed by atoms with E-state index >= 15 is 0 Å². The Morgan fingerprint density at radius 3 is 2.31 bits per heavy atom. The minimum atomic E-state index is 0.483. The molecule has 0 radical (unpaired) electrons. The fourth-order valence-electron chi connectivity index (χ4n) is 2.91. The summed E-state index contributed by atoms with van der Waals surface area (Å²) < 4.78 is 0. The summed E-state index contributed by atoms with van der Waals surface area (Å²) in [6.07, 6.45) is 4.82. The van der Waals surface area contributed by atoms with Crippen molar-refractivity contribution in [3.05, 3.63) is 41.0 Å². The highest BCUT2D eigenvalue weighted by molar-refractivity contribution is 5.93. The number of rotatable bonds is 0. The Morgan fingerprint density at radius 1 is 0.938 bits per heavy atom. The van der Waals surface area contributed by atoms with Gasteiger partial charge >= 0.3 is 0 Å². The van der Waals surface area contributed by atoms with Crippen LogP contribution in [0.2, 0.25) is 0 Å². The molecule has 1 aliphatic carbocycles. The number of benzene rings is 2. The predicted octanol–water partition coefficient (Wildman–Crippen LogP) is 3.73. The number of hydrogen-bond acceptors (Lipinski definition) is 1. The van der Waals surface area contributed by atoms with Crippen LogP contribution in [0, 0.1) is 6.92 Å². The SMILES string of the molecule is Cc1c2c(c3ccccc3c1O)CCCC2. The van der Waals surface area contributed by atoms with Gasteiger partial charge in [0.1, 0.15) is 5.75 Å². The predicted molar refractivity (Wildman–Crippen MR) is 67.0 cm³/mol. The van der Waals surface area contributed by atoms with Crippen LogP contribution in [0.5, 0.6) is 5.75 Å². The van der Waals surface area contributed by atoms with Gasteiger partial charge in [0.15, 0.2) is 0 Å². The molecule has 2 aromatic rings. The molecule has 0 heterocycles. The van der Waals surface area contributed by atoms with Crippen molar-refractivity contribution >= 4 is 10.8 Å². The third-order valence-corrected chi connectivity index (χ3v) is 3.78. The number of hydrogen-bond donors (Lipinski definition) is 1. The van der Waals surface area contributed by atoms with E-state index in [0.29, 0.717) is 5.75 Å². The first-order valence-electron chi connectivity index (χ1n) is 6.01. The Kier molecular flexibility index (Phi) is 2.13. The molecule has 0 fully saturated rings. The Labute approximate surface area is 95.7 Å². The van der Waals surface area contributed by atoms with E-state index < -0.39 is 0 Å². The van der Waals surface area contributed by atoms with Crippen LogP contribution in [0.25, 0.3) is 10.8 Å². The van der Waals surface area contributed by atoms with E-state index in [-0.39, 0.29) is 0 Å². The van der Waals surface area contributed by atoms with E-state index in [1.165, 1.54) is 29.4 Å². The van der Waals surface area contributed by atoms with Crippen molar-refractivity contribution in [2.45, 2.75) is 32.6 Å². The molecule has 0 atom stereocenters. The normalized spacial score (nSPS) is 15.1. The van der Waals surface area contributed by atoms with Crippen LogP contribution in [0.4, 0.5) is 0 Å². The van der Waals surface area contributed by atoms with Gasteiger partial charge in [0.2, 0.25) is 0 Å². The molecule has 0 amide bonds. The van der Waals surface area contributed by atoms with Crippen molar-refractivity contribution in [3.63, 3.8) is 0 Å². The quantitative estimate of drug-likeness (QED) is 0.705. The van der Waals surface area contributed by atoms with Crippen LogP contribution in [0.15, 0.2) is 24.3 Å². The summed E-state index contributed by atoms with van der Waals surface area (Å²) in [7, 11) is 0. The van der Waals surface area contributed by atoms with Gasteiger partial charge in [-0.2, -0.15) is 0 Å². The zero-order valence-corrected chi connectivity index (χ0v) is 9.59. The van der Waals surface area contributed by atoms with Crippen molar-refractivity contribution < 1.29 is 5.11 Å². The van der Waals surface area contributed by atoms with Gasteiger partial charge < -0.3 is 5.11 Å². The maximum atomic E-state index is 10.2. The van der Waals surface area contributed by atoms with Gasteiger partial charge in [-0.05, 0) is 54.7 Å². The molecule has 3 rings (SSSR count). The first-order chi connectivity index (χ1) is 7.79. The zero-order chi connectivity index (χ0) is 11.1. The molecule has 0 aliphatic heterocycles. The molecular weight excluding hydrogens is 196 g/mol. The molecule has 16 heavy (non-hydrogen) atoms. The lowest BCUT2D eigenvalue weighted by atomic mass is 9.84. The highest BCUT2D eigenvalue weighted by Gasteiger charge is 2.18. The number of fused-ring (bicyclic) bond motifs is 3. The van der Waals surface area contributed by atoms with Crippen LogP contribution in [-0.4, -0.2) is 5.11 Å². The lowest BCUT2D eigenvalue weighted by Gasteiger charge is -2.21. The summed E-state index contributed by atoms with van der Waals surface area (Å²) >= 11 is 0. The topological polar surface area (TPSA) is 20.2 Å². The smallest absolute Gasteiger partial charge is 0.126 e. The van der Waals surface area contributed by atoms with E-state index in [2.05, 4.69) is 12.1 Å². The van der Waals surface area contributed by atoms with Gasteiger partial charge in [0.05, 0.1) is 0 Å². The molecule has 1 heteroatoms. The Balaban J connectivity index is 2.45. The first kappa shape index (κ1) is 9.71. The van der Waals surface area contributed by atoms with Crippen LogP contribution >= 0.6 is 0 Å². The van der Waals surface area contributed by atoms with Crippen molar-refractivity contribution in [1.29, 1.82) is 0 Å². The second-order valence-electron chi connectivity index (χ2n) is 4.68.